The maximum atomic E-state index is 12.7. The summed E-state index contributed by atoms with van der Waals surface area (Å²) in [4.78, 5) is 24.6. The molecule has 0 spiro atoms. The van der Waals surface area contributed by atoms with Crippen molar-refractivity contribution in [1.29, 1.82) is 0 Å². The molecule has 140 valence electrons. The van der Waals surface area contributed by atoms with Gasteiger partial charge < -0.3 is 9.15 Å². The lowest BCUT2D eigenvalue weighted by Gasteiger charge is -2.19. The van der Waals surface area contributed by atoms with Gasteiger partial charge in [0.1, 0.15) is 11.8 Å². The molecule has 27 heavy (non-hydrogen) atoms. The van der Waals surface area contributed by atoms with E-state index >= 15 is 0 Å². The Morgan fingerprint density at radius 2 is 2.04 bits per heavy atom. The van der Waals surface area contributed by atoms with E-state index in [0.29, 0.717) is 23.1 Å². The zero-order valence-corrected chi connectivity index (χ0v) is 15.6. The minimum absolute atomic E-state index is 0.0784. The molecule has 0 N–H and O–H groups in total. The highest BCUT2D eigenvalue weighted by Crippen LogP contribution is 2.39. The van der Waals surface area contributed by atoms with E-state index in [9.17, 15) is 9.59 Å². The highest BCUT2D eigenvalue weighted by atomic mass is 35.5. The Labute approximate surface area is 161 Å². The van der Waals surface area contributed by atoms with Crippen molar-refractivity contribution < 1.29 is 18.7 Å². The third-order valence-electron chi connectivity index (χ3n) is 4.97. The molecule has 4 rings (SSSR count). The fraction of sp³-hybridized carbons (Fsp3) is 0.350. The number of nitrogens with zero attached hydrogens (tertiary/aromatic N) is 2. The van der Waals surface area contributed by atoms with Gasteiger partial charge in [-0.2, -0.15) is 5.10 Å². The largest absolute Gasteiger partial charge is 0.467 e. The SMILES string of the molecule is C[C@H]1C[C@@H]1C(=O)OCC(=O)N1N=C(c2ccc(Cl)cc2)C[C@H]1c1ccco1. The second-order valence-electron chi connectivity index (χ2n) is 6.95. The Hall–Kier alpha value is -2.60. The van der Waals surface area contributed by atoms with Crippen LogP contribution in [0.2, 0.25) is 5.02 Å². The summed E-state index contributed by atoms with van der Waals surface area (Å²) < 4.78 is 10.7. The van der Waals surface area contributed by atoms with Crippen LogP contribution in [0.25, 0.3) is 0 Å². The number of hydrogen-bond acceptors (Lipinski definition) is 5. The molecule has 1 saturated carbocycles. The molecule has 1 fully saturated rings. The van der Waals surface area contributed by atoms with Crippen LogP contribution in [0.3, 0.4) is 0 Å². The first-order valence-electron chi connectivity index (χ1n) is 8.88. The van der Waals surface area contributed by atoms with Crippen molar-refractivity contribution in [3.05, 3.63) is 59.0 Å². The zero-order chi connectivity index (χ0) is 19.0. The van der Waals surface area contributed by atoms with Gasteiger partial charge in [-0.15, -0.1) is 0 Å². The van der Waals surface area contributed by atoms with Crippen LogP contribution in [-0.4, -0.2) is 29.2 Å². The molecule has 0 bridgehead atoms. The molecule has 0 unspecified atom stereocenters. The number of furan rings is 1. The van der Waals surface area contributed by atoms with Crippen LogP contribution in [0.4, 0.5) is 0 Å². The van der Waals surface area contributed by atoms with Gasteiger partial charge in [-0.3, -0.25) is 9.59 Å². The summed E-state index contributed by atoms with van der Waals surface area (Å²) >= 11 is 5.95. The van der Waals surface area contributed by atoms with Gasteiger partial charge in [-0.1, -0.05) is 30.7 Å². The number of rotatable bonds is 5. The lowest BCUT2D eigenvalue weighted by atomic mass is 10.0. The number of carbonyl (C=O) groups is 2. The molecule has 1 aliphatic carbocycles. The average molecular weight is 387 g/mol. The van der Waals surface area contributed by atoms with Crippen molar-refractivity contribution >= 4 is 29.2 Å². The van der Waals surface area contributed by atoms with E-state index in [1.54, 1.807) is 24.5 Å². The predicted octanol–water partition coefficient (Wildman–Crippen LogP) is 3.81. The van der Waals surface area contributed by atoms with Crippen molar-refractivity contribution in [3.8, 4) is 0 Å². The van der Waals surface area contributed by atoms with Crippen LogP contribution in [0.5, 0.6) is 0 Å². The van der Waals surface area contributed by atoms with Crippen LogP contribution in [0.1, 0.15) is 37.1 Å². The summed E-state index contributed by atoms with van der Waals surface area (Å²) in [7, 11) is 0. The Kier molecular flexibility index (Phi) is 4.74. The molecule has 7 heteroatoms. The summed E-state index contributed by atoms with van der Waals surface area (Å²) in [6.45, 7) is 1.67. The molecule has 3 atom stereocenters. The predicted molar refractivity (Wildman–Crippen MR) is 99.1 cm³/mol. The minimum atomic E-state index is -0.373. The number of hydrogen-bond donors (Lipinski definition) is 0. The highest BCUT2D eigenvalue weighted by Gasteiger charge is 2.41. The second kappa shape index (κ2) is 7.19. The number of ether oxygens (including phenoxy) is 1. The highest BCUT2D eigenvalue weighted by molar-refractivity contribution is 6.30. The van der Waals surface area contributed by atoms with Crippen molar-refractivity contribution in [2.45, 2.75) is 25.8 Å². The number of amides is 1. The molecular formula is C20H19ClN2O4. The smallest absolute Gasteiger partial charge is 0.309 e. The van der Waals surface area contributed by atoms with E-state index in [2.05, 4.69) is 5.10 Å². The molecule has 1 amide bonds. The average Bonchev–Trinajstić information content (AvgIpc) is 3.08. The topological polar surface area (TPSA) is 72.1 Å². The first kappa shape index (κ1) is 17.8. The number of benzene rings is 1. The van der Waals surface area contributed by atoms with Gasteiger partial charge in [-0.25, -0.2) is 5.01 Å². The van der Waals surface area contributed by atoms with Gasteiger partial charge in [0.05, 0.1) is 17.9 Å². The quantitative estimate of drug-likeness (QED) is 0.732. The third kappa shape index (κ3) is 3.76. The van der Waals surface area contributed by atoms with Crippen molar-refractivity contribution in [2.24, 2.45) is 16.9 Å². The first-order chi connectivity index (χ1) is 13.0. The van der Waals surface area contributed by atoms with Crippen molar-refractivity contribution in [3.63, 3.8) is 0 Å². The molecule has 1 aliphatic heterocycles. The lowest BCUT2D eigenvalue weighted by Crippen LogP contribution is -2.31. The van der Waals surface area contributed by atoms with Gasteiger partial charge in [0.2, 0.25) is 0 Å². The summed E-state index contributed by atoms with van der Waals surface area (Å²) in [6, 6.07) is 10.5. The maximum Gasteiger partial charge on any atom is 0.309 e. The van der Waals surface area contributed by atoms with E-state index in [1.165, 1.54) is 5.01 Å². The summed E-state index contributed by atoms with van der Waals surface area (Å²) in [6.07, 6.45) is 2.89. The van der Waals surface area contributed by atoms with Crippen LogP contribution in [-0.2, 0) is 14.3 Å². The second-order valence-corrected chi connectivity index (χ2v) is 7.39. The van der Waals surface area contributed by atoms with E-state index in [1.807, 2.05) is 25.1 Å². The van der Waals surface area contributed by atoms with Gasteiger partial charge in [0.25, 0.3) is 5.91 Å². The molecule has 1 aromatic heterocycles. The van der Waals surface area contributed by atoms with E-state index in [4.69, 9.17) is 20.8 Å². The number of halogens is 1. The van der Waals surface area contributed by atoms with Crippen LogP contribution >= 0.6 is 11.6 Å². The lowest BCUT2D eigenvalue weighted by molar-refractivity contribution is -0.154. The first-order valence-corrected chi connectivity index (χ1v) is 9.26. The van der Waals surface area contributed by atoms with E-state index in [0.717, 1.165) is 17.7 Å². The monoisotopic (exact) mass is 386 g/mol. The zero-order valence-electron chi connectivity index (χ0n) is 14.8. The third-order valence-corrected chi connectivity index (χ3v) is 5.22. The molecule has 6 nitrogen and oxygen atoms in total. The van der Waals surface area contributed by atoms with Gasteiger partial charge in [0, 0.05) is 11.4 Å². The standard InChI is InChI=1S/C20H19ClN2O4/c1-12-9-15(12)20(25)27-11-19(24)23-17(18-3-2-8-26-18)10-16(22-23)13-4-6-14(21)7-5-13/h2-8,12,15,17H,9-11H2,1H3/t12-,15-,17-/m0/s1. The summed E-state index contributed by atoms with van der Waals surface area (Å²) in [5.74, 6) is 0.210. The van der Waals surface area contributed by atoms with E-state index < -0.39 is 0 Å². The van der Waals surface area contributed by atoms with Crippen molar-refractivity contribution in [2.75, 3.05) is 6.61 Å². The Morgan fingerprint density at radius 1 is 1.30 bits per heavy atom. The molecular weight excluding hydrogens is 368 g/mol. The van der Waals surface area contributed by atoms with Crippen LogP contribution in [0.15, 0.2) is 52.2 Å². The summed E-state index contributed by atoms with van der Waals surface area (Å²) in [5, 5.41) is 6.47. The molecule has 2 heterocycles. The Balaban J connectivity index is 1.51. The molecule has 2 aromatic rings. The molecule has 0 radical (unpaired) electrons. The Morgan fingerprint density at radius 3 is 2.67 bits per heavy atom. The fourth-order valence-corrected chi connectivity index (χ4v) is 3.34. The summed E-state index contributed by atoms with van der Waals surface area (Å²) in [5.41, 5.74) is 1.64. The van der Waals surface area contributed by atoms with Crippen molar-refractivity contribution in [1.82, 2.24) is 5.01 Å². The Bertz CT molecular complexity index is 876. The molecule has 2 aliphatic rings. The normalized spacial score (nSPS) is 23.9. The number of esters is 1. The molecule has 1 aromatic carbocycles. The molecule has 0 saturated heterocycles. The van der Waals surface area contributed by atoms with E-state index in [-0.39, 0.29) is 30.4 Å². The van der Waals surface area contributed by atoms with Crippen LogP contribution < -0.4 is 0 Å². The maximum absolute atomic E-state index is 12.7. The number of carbonyl (C=O) groups excluding carboxylic acids is 2. The van der Waals surface area contributed by atoms with Gasteiger partial charge in [0.15, 0.2) is 6.61 Å². The fourth-order valence-electron chi connectivity index (χ4n) is 3.22. The van der Waals surface area contributed by atoms with Gasteiger partial charge in [-0.05, 0) is 42.2 Å². The number of hydrazone groups is 1. The minimum Gasteiger partial charge on any atom is -0.467 e. The van der Waals surface area contributed by atoms with Gasteiger partial charge >= 0.3 is 5.97 Å². The van der Waals surface area contributed by atoms with Crippen LogP contribution in [0, 0.1) is 11.8 Å².